The van der Waals surface area contributed by atoms with E-state index in [4.69, 9.17) is 9.72 Å². The van der Waals surface area contributed by atoms with Crippen molar-refractivity contribution in [2.75, 3.05) is 11.9 Å². The van der Waals surface area contributed by atoms with E-state index in [0.29, 0.717) is 28.0 Å². The zero-order valence-corrected chi connectivity index (χ0v) is 19.2. The molecule has 31 heavy (non-hydrogen) atoms. The van der Waals surface area contributed by atoms with Gasteiger partial charge in [0.1, 0.15) is 0 Å². The number of hydrogen-bond acceptors (Lipinski definition) is 6. The summed E-state index contributed by atoms with van der Waals surface area (Å²) in [6.45, 7) is 3.59. The molecule has 0 unspecified atom stereocenters. The molecule has 0 aliphatic rings. The molecule has 1 N–H and O–H groups in total. The molecule has 3 heterocycles. The number of amides is 1. The molecule has 1 amide bonds. The van der Waals surface area contributed by atoms with Crippen molar-refractivity contribution in [3.8, 4) is 10.6 Å². The fourth-order valence-corrected chi connectivity index (χ4v) is 4.14. The van der Waals surface area contributed by atoms with Crippen molar-refractivity contribution in [2.24, 2.45) is 0 Å². The summed E-state index contributed by atoms with van der Waals surface area (Å²) in [6, 6.07) is 12.8. The van der Waals surface area contributed by atoms with Crippen molar-refractivity contribution >= 4 is 55.9 Å². The topological polar surface area (TPSA) is 86.1 Å². The summed E-state index contributed by atoms with van der Waals surface area (Å²) < 4.78 is 7.83. The Balaban J connectivity index is 1.60. The van der Waals surface area contributed by atoms with E-state index < -0.39 is 18.5 Å². The Morgan fingerprint density at radius 1 is 1.23 bits per heavy atom. The smallest absolute Gasteiger partial charge is 0.339 e. The van der Waals surface area contributed by atoms with Gasteiger partial charge in [0.05, 0.1) is 33.4 Å². The Morgan fingerprint density at radius 2 is 2.03 bits per heavy atom. The maximum absolute atomic E-state index is 12.9. The summed E-state index contributed by atoms with van der Waals surface area (Å²) in [7, 11) is 0. The highest BCUT2D eigenvalue weighted by atomic mass is 79.9. The number of carbonyl (C=O) groups is 2. The molecule has 4 aromatic rings. The number of ether oxygens (including phenoxy) is 1. The number of fused-ring (bicyclic) bond motifs is 1. The highest BCUT2D eigenvalue weighted by Gasteiger charge is 2.20. The van der Waals surface area contributed by atoms with E-state index in [9.17, 15) is 9.59 Å². The van der Waals surface area contributed by atoms with Gasteiger partial charge in [-0.25, -0.2) is 14.5 Å². The SMILES string of the molecule is CC(C)n1ncc2c(C(=O)OCC(=O)Nc3ccccc3Br)cc(-c3cccs3)nc21. The normalized spacial score (nSPS) is 11.1. The lowest BCUT2D eigenvalue weighted by atomic mass is 10.1. The molecule has 7 nitrogen and oxygen atoms in total. The third-order valence-corrected chi connectivity index (χ3v) is 6.12. The molecule has 9 heteroatoms. The van der Waals surface area contributed by atoms with Gasteiger partial charge < -0.3 is 10.1 Å². The van der Waals surface area contributed by atoms with Crippen LogP contribution in [-0.2, 0) is 9.53 Å². The Hall–Kier alpha value is -3.04. The van der Waals surface area contributed by atoms with Crippen molar-refractivity contribution in [2.45, 2.75) is 19.9 Å². The van der Waals surface area contributed by atoms with Gasteiger partial charge in [0, 0.05) is 10.5 Å². The number of hydrogen-bond donors (Lipinski definition) is 1. The first-order chi connectivity index (χ1) is 14.9. The first-order valence-electron chi connectivity index (χ1n) is 9.57. The van der Waals surface area contributed by atoms with Crippen LogP contribution in [0.4, 0.5) is 5.69 Å². The zero-order chi connectivity index (χ0) is 22.0. The lowest BCUT2D eigenvalue weighted by Crippen LogP contribution is -2.21. The van der Waals surface area contributed by atoms with Gasteiger partial charge in [-0.2, -0.15) is 5.10 Å². The van der Waals surface area contributed by atoms with E-state index in [1.54, 1.807) is 29.1 Å². The van der Waals surface area contributed by atoms with Crippen LogP contribution in [0.5, 0.6) is 0 Å². The summed E-state index contributed by atoms with van der Waals surface area (Å²) in [4.78, 5) is 30.8. The molecule has 0 radical (unpaired) electrons. The summed E-state index contributed by atoms with van der Waals surface area (Å²) >= 11 is 4.90. The van der Waals surface area contributed by atoms with Crippen LogP contribution in [-0.4, -0.2) is 33.2 Å². The summed E-state index contributed by atoms with van der Waals surface area (Å²) in [6.07, 6.45) is 1.61. The molecule has 158 valence electrons. The van der Waals surface area contributed by atoms with Crippen molar-refractivity contribution in [1.29, 1.82) is 0 Å². The predicted molar refractivity (Wildman–Crippen MR) is 124 cm³/mol. The van der Waals surface area contributed by atoms with Crippen LogP contribution in [0, 0.1) is 0 Å². The zero-order valence-electron chi connectivity index (χ0n) is 16.8. The highest BCUT2D eigenvalue weighted by molar-refractivity contribution is 9.10. The second-order valence-corrected chi connectivity index (χ2v) is 8.86. The lowest BCUT2D eigenvalue weighted by Gasteiger charge is -2.10. The molecule has 4 rings (SSSR count). The number of para-hydroxylation sites is 1. The minimum absolute atomic E-state index is 0.0718. The van der Waals surface area contributed by atoms with Crippen molar-refractivity contribution in [3.05, 3.63) is 64.1 Å². The number of nitrogens with zero attached hydrogens (tertiary/aromatic N) is 3. The Bertz CT molecular complexity index is 1250. The van der Waals surface area contributed by atoms with Crippen molar-refractivity contribution < 1.29 is 14.3 Å². The minimum Gasteiger partial charge on any atom is -0.452 e. The van der Waals surface area contributed by atoms with Crippen LogP contribution in [0.3, 0.4) is 0 Å². The quantitative estimate of drug-likeness (QED) is 0.364. The predicted octanol–water partition coefficient (Wildman–Crippen LogP) is 5.30. The Labute approximate surface area is 191 Å². The van der Waals surface area contributed by atoms with Gasteiger partial charge in [-0.15, -0.1) is 11.3 Å². The molecular formula is C22H19BrN4O3S. The summed E-state index contributed by atoms with van der Waals surface area (Å²) in [5, 5.41) is 9.64. The number of carbonyl (C=O) groups excluding carboxylic acids is 2. The van der Waals surface area contributed by atoms with Gasteiger partial charge in [0.25, 0.3) is 5.91 Å². The maximum Gasteiger partial charge on any atom is 0.339 e. The molecular weight excluding hydrogens is 480 g/mol. The number of nitrogens with one attached hydrogen (secondary N) is 1. The van der Waals surface area contributed by atoms with Crippen LogP contribution in [0.2, 0.25) is 0 Å². The van der Waals surface area contributed by atoms with Gasteiger partial charge in [-0.05, 0) is 59.4 Å². The van der Waals surface area contributed by atoms with E-state index in [1.165, 1.54) is 11.3 Å². The van der Waals surface area contributed by atoms with Gasteiger partial charge in [-0.3, -0.25) is 4.79 Å². The van der Waals surface area contributed by atoms with E-state index >= 15 is 0 Å². The molecule has 0 bridgehead atoms. The van der Waals surface area contributed by atoms with Gasteiger partial charge in [0.2, 0.25) is 0 Å². The number of halogens is 1. The first kappa shape index (κ1) is 21.2. The maximum atomic E-state index is 12.9. The standard InChI is InChI=1S/C22H19BrN4O3S/c1-13(2)27-21-15(11-24-27)14(10-18(26-21)19-8-5-9-31-19)22(29)30-12-20(28)25-17-7-4-3-6-16(17)23/h3-11,13H,12H2,1-2H3,(H,25,28). The van der Waals surface area contributed by atoms with Crippen LogP contribution < -0.4 is 5.32 Å². The minimum atomic E-state index is -0.601. The third-order valence-electron chi connectivity index (χ3n) is 4.53. The fraction of sp³-hybridized carbons (Fsp3) is 0.182. The number of esters is 1. The van der Waals surface area contributed by atoms with Crippen molar-refractivity contribution in [3.63, 3.8) is 0 Å². The van der Waals surface area contributed by atoms with Crippen LogP contribution >= 0.6 is 27.3 Å². The summed E-state index contributed by atoms with van der Waals surface area (Å²) in [5.41, 5.74) is 2.20. The average Bonchev–Trinajstić information content (AvgIpc) is 3.43. The van der Waals surface area contributed by atoms with E-state index in [1.807, 2.05) is 43.5 Å². The van der Waals surface area contributed by atoms with E-state index in [0.717, 1.165) is 9.35 Å². The second-order valence-electron chi connectivity index (χ2n) is 7.06. The number of pyridine rings is 1. The van der Waals surface area contributed by atoms with Crippen molar-refractivity contribution in [1.82, 2.24) is 14.8 Å². The largest absolute Gasteiger partial charge is 0.452 e. The van der Waals surface area contributed by atoms with Crippen LogP contribution in [0.25, 0.3) is 21.6 Å². The average molecular weight is 499 g/mol. The summed E-state index contributed by atoms with van der Waals surface area (Å²) in [5.74, 6) is -1.03. The number of thiophene rings is 1. The first-order valence-corrected chi connectivity index (χ1v) is 11.2. The number of benzene rings is 1. The molecule has 1 aromatic carbocycles. The van der Waals surface area contributed by atoms with Gasteiger partial charge in [-0.1, -0.05) is 18.2 Å². The Morgan fingerprint density at radius 3 is 2.74 bits per heavy atom. The molecule has 0 spiro atoms. The molecule has 0 atom stereocenters. The number of anilines is 1. The van der Waals surface area contributed by atoms with Gasteiger partial charge >= 0.3 is 5.97 Å². The molecule has 0 aliphatic carbocycles. The third kappa shape index (κ3) is 4.52. The monoisotopic (exact) mass is 498 g/mol. The van der Waals surface area contributed by atoms with Crippen LogP contribution in [0.1, 0.15) is 30.2 Å². The van der Waals surface area contributed by atoms with Crippen LogP contribution in [0.15, 0.2) is 58.5 Å². The lowest BCUT2D eigenvalue weighted by molar-refractivity contribution is -0.119. The number of rotatable bonds is 6. The molecule has 0 saturated carbocycles. The molecule has 3 aromatic heterocycles. The van der Waals surface area contributed by atoms with E-state index in [2.05, 4.69) is 26.3 Å². The highest BCUT2D eigenvalue weighted by Crippen LogP contribution is 2.29. The molecule has 0 aliphatic heterocycles. The Kier molecular flexibility index (Phi) is 6.15. The fourth-order valence-electron chi connectivity index (χ4n) is 3.07. The van der Waals surface area contributed by atoms with Gasteiger partial charge in [0.15, 0.2) is 12.3 Å². The second kappa shape index (κ2) is 8.99. The number of aromatic nitrogens is 3. The molecule has 0 fully saturated rings. The molecule has 0 saturated heterocycles. The van der Waals surface area contributed by atoms with E-state index in [-0.39, 0.29) is 6.04 Å².